The first-order valence-electron chi connectivity index (χ1n) is 6.59. The summed E-state index contributed by atoms with van der Waals surface area (Å²) < 4.78 is 7.01. The highest BCUT2D eigenvalue weighted by Gasteiger charge is 2.14. The van der Waals surface area contributed by atoms with Crippen LogP contribution in [0.4, 0.5) is 5.69 Å². The average molecular weight is 327 g/mol. The smallest absolute Gasteiger partial charge is 0.273 e. The molecule has 0 atom stereocenters. The van der Waals surface area contributed by atoms with Crippen molar-refractivity contribution in [3.8, 4) is 17.3 Å². The van der Waals surface area contributed by atoms with Gasteiger partial charge in [0.15, 0.2) is 4.96 Å². The van der Waals surface area contributed by atoms with E-state index in [2.05, 4.69) is 15.0 Å². The van der Waals surface area contributed by atoms with Crippen LogP contribution in [0.5, 0.6) is 5.88 Å². The third-order valence-electron chi connectivity index (χ3n) is 3.36. The number of aromatic nitrogens is 4. The predicted molar refractivity (Wildman–Crippen MR) is 84.8 cm³/mol. The zero-order valence-electron chi connectivity index (χ0n) is 11.8. The number of nitrogens with zero attached hydrogens (tertiary/aromatic N) is 5. The van der Waals surface area contributed by atoms with Gasteiger partial charge < -0.3 is 4.74 Å². The summed E-state index contributed by atoms with van der Waals surface area (Å²) in [4.78, 5) is 25.0. The van der Waals surface area contributed by atoms with E-state index in [1.54, 1.807) is 19.4 Å². The quantitative estimate of drug-likeness (QED) is 0.424. The van der Waals surface area contributed by atoms with Gasteiger partial charge in [-0.3, -0.25) is 19.5 Å². The van der Waals surface area contributed by atoms with Crippen molar-refractivity contribution in [2.24, 2.45) is 0 Å². The number of hydrogen-bond donors (Lipinski definition) is 0. The molecule has 0 fully saturated rings. The van der Waals surface area contributed by atoms with Gasteiger partial charge in [-0.25, -0.2) is 9.97 Å². The first-order chi connectivity index (χ1) is 11.2. The lowest BCUT2D eigenvalue weighted by molar-refractivity contribution is -0.384. The molecule has 4 heterocycles. The van der Waals surface area contributed by atoms with Crippen molar-refractivity contribution < 1.29 is 9.66 Å². The molecule has 0 unspecified atom stereocenters. The van der Waals surface area contributed by atoms with E-state index < -0.39 is 4.92 Å². The maximum absolute atomic E-state index is 10.9. The number of thiazole rings is 1. The molecular formula is C14H9N5O3S. The van der Waals surface area contributed by atoms with Gasteiger partial charge in [0.1, 0.15) is 10.5 Å². The minimum absolute atomic E-state index is 0.0115. The molecule has 8 nitrogen and oxygen atoms in total. The molecule has 4 rings (SSSR count). The first-order valence-corrected chi connectivity index (χ1v) is 7.41. The second-order valence-electron chi connectivity index (χ2n) is 4.72. The van der Waals surface area contributed by atoms with Gasteiger partial charge in [0.05, 0.1) is 23.2 Å². The number of imidazole rings is 1. The fourth-order valence-corrected chi connectivity index (χ4v) is 3.25. The predicted octanol–water partition coefficient (Wildman–Crippen LogP) is 2.92. The lowest BCUT2D eigenvalue weighted by Gasteiger charge is -1.97. The summed E-state index contributed by atoms with van der Waals surface area (Å²) in [5.74, 6) is 0.544. The molecule has 0 aromatic carbocycles. The van der Waals surface area contributed by atoms with Gasteiger partial charge in [-0.15, -0.1) is 0 Å². The Kier molecular flexibility index (Phi) is 2.95. The van der Waals surface area contributed by atoms with Crippen LogP contribution in [0.3, 0.4) is 0 Å². The molecule has 0 aliphatic carbocycles. The number of methoxy groups -OCH3 is 1. The summed E-state index contributed by atoms with van der Waals surface area (Å²) in [7, 11) is 1.57. The highest BCUT2D eigenvalue weighted by molar-refractivity contribution is 7.23. The van der Waals surface area contributed by atoms with E-state index in [1.165, 1.54) is 29.7 Å². The molecule has 0 saturated heterocycles. The minimum atomic E-state index is -0.449. The van der Waals surface area contributed by atoms with Crippen LogP contribution in [-0.4, -0.2) is 31.4 Å². The molecule has 4 aromatic heterocycles. The molecular weight excluding hydrogens is 318 g/mol. The first kappa shape index (κ1) is 13.6. The molecule has 0 spiro atoms. The minimum Gasteiger partial charge on any atom is -0.481 e. The Hall–Kier alpha value is -3.07. The highest BCUT2D eigenvalue weighted by Crippen LogP contribution is 2.29. The third-order valence-corrected chi connectivity index (χ3v) is 4.33. The van der Waals surface area contributed by atoms with E-state index in [1.807, 2.05) is 10.5 Å². The zero-order chi connectivity index (χ0) is 16.0. The van der Waals surface area contributed by atoms with Gasteiger partial charge in [0, 0.05) is 30.6 Å². The molecule has 0 radical (unpaired) electrons. The topological polar surface area (TPSA) is 95.5 Å². The van der Waals surface area contributed by atoms with Crippen LogP contribution in [0.25, 0.3) is 26.7 Å². The number of fused-ring (bicyclic) bond motifs is 3. The van der Waals surface area contributed by atoms with Gasteiger partial charge in [-0.1, -0.05) is 11.3 Å². The fourth-order valence-electron chi connectivity index (χ4n) is 2.28. The summed E-state index contributed by atoms with van der Waals surface area (Å²) in [6, 6.07) is 6.44. The fraction of sp³-hybridized carbons (Fsp3) is 0.0714. The molecule has 4 aromatic rings. The number of nitro groups is 1. The highest BCUT2D eigenvalue weighted by atomic mass is 32.1. The lowest BCUT2D eigenvalue weighted by Crippen LogP contribution is -1.90. The van der Waals surface area contributed by atoms with Gasteiger partial charge in [-0.05, 0) is 6.07 Å². The van der Waals surface area contributed by atoms with Crippen molar-refractivity contribution in [3.63, 3.8) is 0 Å². The molecule has 0 saturated carbocycles. The molecule has 0 amide bonds. The maximum atomic E-state index is 10.9. The molecule has 0 N–H and O–H groups in total. The Morgan fingerprint density at radius 2 is 2.13 bits per heavy atom. The normalized spacial score (nSPS) is 11.2. The summed E-state index contributed by atoms with van der Waals surface area (Å²) in [6.45, 7) is 0. The summed E-state index contributed by atoms with van der Waals surface area (Å²) in [5, 5.41) is 10.9. The number of pyridine rings is 2. The molecule has 9 heteroatoms. The second-order valence-corrected chi connectivity index (χ2v) is 5.67. The standard InChI is InChI=1S/C14H9N5O3S/c1-22-12-3-2-11-13(17-12)23-14-16-10(7-18(11)14)9-6-8(19(20)21)4-5-15-9/h2-7H,1H3. The van der Waals surface area contributed by atoms with Crippen molar-refractivity contribution in [3.05, 3.63) is 46.8 Å². The third kappa shape index (κ3) is 2.18. The Labute approximate surface area is 133 Å². The number of hydrogen-bond acceptors (Lipinski definition) is 7. The second kappa shape index (κ2) is 4.99. The van der Waals surface area contributed by atoms with Crippen molar-refractivity contribution in [2.45, 2.75) is 0 Å². The van der Waals surface area contributed by atoms with Gasteiger partial charge in [0.2, 0.25) is 5.88 Å². The largest absolute Gasteiger partial charge is 0.481 e. The van der Waals surface area contributed by atoms with Crippen LogP contribution in [0.1, 0.15) is 0 Å². The van der Waals surface area contributed by atoms with Crippen LogP contribution in [0.15, 0.2) is 36.7 Å². The Bertz CT molecular complexity index is 1060. The maximum Gasteiger partial charge on any atom is 0.273 e. The number of rotatable bonds is 3. The van der Waals surface area contributed by atoms with Gasteiger partial charge >= 0.3 is 0 Å². The van der Waals surface area contributed by atoms with Crippen LogP contribution in [0.2, 0.25) is 0 Å². The molecule has 0 aliphatic heterocycles. The SMILES string of the molecule is COc1ccc2c(n1)sc1nc(-c3cc([N+](=O)[O-])ccn3)cn12. The van der Waals surface area contributed by atoms with E-state index in [-0.39, 0.29) is 5.69 Å². The number of ether oxygens (including phenoxy) is 1. The summed E-state index contributed by atoms with van der Waals surface area (Å²) in [5.41, 5.74) is 1.93. The Morgan fingerprint density at radius 3 is 2.91 bits per heavy atom. The van der Waals surface area contributed by atoms with Crippen molar-refractivity contribution in [1.82, 2.24) is 19.4 Å². The van der Waals surface area contributed by atoms with Crippen molar-refractivity contribution in [1.29, 1.82) is 0 Å². The van der Waals surface area contributed by atoms with Crippen LogP contribution < -0.4 is 4.74 Å². The van der Waals surface area contributed by atoms with E-state index in [4.69, 9.17) is 4.74 Å². The van der Waals surface area contributed by atoms with Gasteiger partial charge in [-0.2, -0.15) is 0 Å². The van der Waals surface area contributed by atoms with E-state index >= 15 is 0 Å². The Balaban J connectivity index is 1.86. The lowest BCUT2D eigenvalue weighted by atomic mass is 10.2. The monoisotopic (exact) mass is 327 g/mol. The van der Waals surface area contributed by atoms with Crippen molar-refractivity contribution in [2.75, 3.05) is 7.11 Å². The van der Waals surface area contributed by atoms with Crippen molar-refractivity contribution >= 4 is 32.3 Å². The van der Waals surface area contributed by atoms with Gasteiger partial charge in [0.25, 0.3) is 5.69 Å². The average Bonchev–Trinajstić information content (AvgIpc) is 3.11. The van der Waals surface area contributed by atoms with Crippen LogP contribution in [-0.2, 0) is 0 Å². The van der Waals surface area contributed by atoms with E-state index in [0.717, 1.165) is 15.3 Å². The summed E-state index contributed by atoms with van der Waals surface area (Å²) >= 11 is 1.42. The van der Waals surface area contributed by atoms with Crippen LogP contribution in [0, 0.1) is 10.1 Å². The zero-order valence-corrected chi connectivity index (χ0v) is 12.6. The van der Waals surface area contributed by atoms with E-state index in [0.29, 0.717) is 17.3 Å². The van der Waals surface area contributed by atoms with Crippen LogP contribution >= 0.6 is 11.3 Å². The molecule has 0 aliphatic rings. The molecule has 0 bridgehead atoms. The molecule has 114 valence electrons. The Morgan fingerprint density at radius 1 is 1.26 bits per heavy atom. The molecule has 23 heavy (non-hydrogen) atoms. The van der Waals surface area contributed by atoms with E-state index in [9.17, 15) is 10.1 Å². The summed E-state index contributed by atoms with van der Waals surface area (Å²) in [6.07, 6.45) is 3.21.